The van der Waals surface area contributed by atoms with Gasteiger partial charge in [-0.25, -0.2) is 9.97 Å². The van der Waals surface area contributed by atoms with Crippen molar-refractivity contribution < 1.29 is 4.79 Å². The van der Waals surface area contributed by atoms with E-state index in [-0.39, 0.29) is 11.3 Å². The third-order valence-electron chi connectivity index (χ3n) is 3.60. The lowest BCUT2D eigenvalue weighted by Crippen LogP contribution is -2.25. The maximum atomic E-state index is 12.4. The SMILES string of the molecule is CC(C)(C)c1ncc(NC(=O)c2n[nH]c3c2CNCC3)cn1. The molecule has 7 nitrogen and oxygen atoms in total. The number of aromatic nitrogens is 4. The van der Waals surface area contributed by atoms with E-state index in [1.165, 1.54) is 0 Å². The number of carbonyl (C=O) groups excluding carboxylic acids is 1. The minimum Gasteiger partial charge on any atom is -0.318 e. The number of hydrogen-bond acceptors (Lipinski definition) is 5. The molecule has 0 radical (unpaired) electrons. The maximum absolute atomic E-state index is 12.4. The van der Waals surface area contributed by atoms with Crippen LogP contribution in [0.15, 0.2) is 12.4 Å². The number of aromatic amines is 1. The molecule has 3 N–H and O–H groups in total. The number of carbonyl (C=O) groups is 1. The Morgan fingerprint density at radius 3 is 2.68 bits per heavy atom. The van der Waals surface area contributed by atoms with Gasteiger partial charge >= 0.3 is 0 Å². The Labute approximate surface area is 129 Å². The van der Waals surface area contributed by atoms with Crippen LogP contribution in [0.4, 0.5) is 5.69 Å². The van der Waals surface area contributed by atoms with Crippen molar-refractivity contribution in [2.45, 2.75) is 39.2 Å². The fraction of sp³-hybridized carbons (Fsp3) is 0.467. The van der Waals surface area contributed by atoms with Crippen molar-refractivity contribution in [2.75, 3.05) is 11.9 Å². The molecule has 0 unspecified atom stereocenters. The minimum atomic E-state index is -0.242. The molecule has 0 bridgehead atoms. The summed E-state index contributed by atoms with van der Waals surface area (Å²) >= 11 is 0. The maximum Gasteiger partial charge on any atom is 0.276 e. The van der Waals surface area contributed by atoms with Crippen molar-refractivity contribution in [2.24, 2.45) is 0 Å². The van der Waals surface area contributed by atoms with Gasteiger partial charge in [-0.2, -0.15) is 5.10 Å². The number of fused-ring (bicyclic) bond motifs is 1. The van der Waals surface area contributed by atoms with E-state index >= 15 is 0 Å². The molecular formula is C15H20N6O. The van der Waals surface area contributed by atoms with Crippen molar-refractivity contribution >= 4 is 11.6 Å². The first-order valence-electron chi connectivity index (χ1n) is 7.36. The Bertz CT molecular complexity index is 683. The van der Waals surface area contributed by atoms with Crippen LogP contribution in [0.25, 0.3) is 0 Å². The molecule has 1 amide bonds. The molecule has 0 saturated heterocycles. The zero-order chi connectivity index (χ0) is 15.7. The third kappa shape index (κ3) is 2.85. The van der Waals surface area contributed by atoms with E-state index in [0.29, 0.717) is 17.9 Å². The molecular weight excluding hydrogens is 280 g/mol. The largest absolute Gasteiger partial charge is 0.318 e. The average molecular weight is 300 g/mol. The first-order valence-corrected chi connectivity index (χ1v) is 7.36. The summed E-state index contributed by atoms with van der Waals surface area (Å²) in [5.74, 6) is 0.500. The van der Waals surface area contributed by atoms with Gasteiger partial charge in [0.1, 0.15) is 5.82 Å². The summed E-state index contributed by atoms with van der Waals surface area (Å²) in [5, 5.41) is 13.1. The van der Waals surface area contributed by atoms with Gasteiger partial charge in [0.2, 0.25) is 0 Å². The summed E-state index contributed by atoms with van der Waals surface area (Å²) < 4.78 is 0. The normalized spacial score (nSPS) is 14.5. The van der Waals surface area contributed by atoms with Crippen LogP contribution in [0.5, 0.6) is 0 Å². The molecule has 22 heavy (non-hydrogen) atoms. The molecule has 1 aliphatic heterocycles. The highest BCUT2D eigenvalue weighted by Crippen LogP contribution is 2.19. The van der Waals surface area contributed by atoms with E-state index in [4.69, 9.17) is 0 Å². The number of rotatable bonds is 2. The highest BCUT2D eigenvalue weighted by atomic mass is 16.2. The quantitative estimate of drug-likeness (QED) is 0.779. The summed E-state index contributed by atoms with van der Waals surface area (Å²) in [6.07, 6.45) is 4.12. The molecule has 0 spiro atoms. The molecule has 2 aromatic heterocycles. The second-order valence-electron chi connectivity index (χ2n) is 6.46. The molecule has 0 aromatic carbocycles. The van der Waals surface area contributed by atoms with E-state index in [2.05, 4.69) is 30.8 Å². The first kappa shape index (κ1) is 14.6. The first-order chi connectivity index (χ1) is 10.4. The van der Waals surface area contributed by atoms with Crippen LogP contribution < -0.4 is 10.6 Å². The van der Waals surface area contributed by atoms with Crippen LogP contribution in [0, 0.1) is 0 Å². The van der Waals surface area contributed by atoms with Crippen LogP contribution >= 0.6 is 0 Å². The Hall–Kier alpha value is -2.28. The number of H-pyrrole nitrogens is 1. The molecule has 1 aliphatic rings. The molecule has 2 aromatic rings. The highest BCUT2D eigenvalue weighted by molar-refractivity contribution is 6.03. The zero-order valence-corrected chi connectivity index (χ0v) is 13.0. The Morgan fingerprint density at radius 2 is 2.00 bits per heavy atom. The van der Waals surface area contributed by atoms with Gasteiger partial charge in [-0.05, 0) is 0 Å². The molecule has 0 aliphatic carbocycles. The minimum absolute atomic E-state index is 0.116. The monoisotopic (exact) mass is 300 g/mol. The molecule has 0 saturated carbocycles. The van der Waals surface area contributed by atoms with Gasteiger partial charge in [0.05, 0.1) is 18.1 Å². The molecule has 3 rings (SSSR count). The van der Waals surface area contributed by atoms with Gasteiger partial charge in [-0.15, -0.1) is 0 Å². The molecule has 7 heteroatoms. The summed E-state index contributed by atoms with van der Waals surface area (Å²) in [6.45, 7) is 7.70. The number of hydrogen-bond donors (Lipinski definition) is 3. The van der Waals surface area contributed by atoms with Gasteiger partial charge in [-0.1, -0.05) is 20.8 Å². The summed E-state index contributed by atoms with van der Waals surface area (Å²) in [7, 11) is 0. The lowest BCUT2D eigenvalue weighted by molar-refractivity contribution is 0.102. The van der Waals surface area contributed by atoms with E-state index < -0.39 is 0 Å². The van der Waals surface area contributed by atoms with E-state index in [1.807, 2.05) is 20.8 Å². The van der Waals surface area contributed by atoms with Crippen LogP contribution in [0.1, 0.15) is 48.3 Å². The van der Waals surface area contributed by atoms with Crippen LogP contribution in [-0.2, 0) is 18.4 Å². The fourth-order valence-corrected chi connectivity index (χ4v) is 2.38. The van der Waals surface area contributed by atoms with Gasteiger partial charge in [0, 0.05) is 36.2 Å². The summed E-state index contributed by atoms with van der Waals surface area (Å²) in [4.78, 5) is 21.0. The van der Waals surface area contributed by atoms with Crippen molar-refractivity contribution in [1.82, 2.24) is 25.5 Å². The Morgan fingerprint density at radius 1 is 1.27 bits per heavy atom. The average Bonchev–Trinajstić information content (AvgIpc) is 2.91. The smallest absolute Gasteiger partial charge is 0.276 e. The summed E-state index contributed by atoms with van der Waals surface area (Å²) in [6, 6.07) is 0. The Balaban J connectivity index is 1.76. The van der Waals surface area contributed by atoms with Crippen molar-refractivity contribution in [1.29, 1.82) is 0 Å². The number of anilines is 1. The van der Waals surface area contributed by atoms with Gasteiger partial charge in [-0.3, -0.25) is 9.89 Å². The molecule has 116 valence electrons. The molecule has 3 heterocycles. The van der Waals surface area contributed by atoms with Crippen molar-refractivity contribution in [3.63, 3.8) is 0 Å². The fourth-order valence-electron chi connectivity index (χ4n) is 2.38. The lowest BCUT2D eigenvalue weighted by Gasteiger charge is -2.16. The van der Waals surface area contributed by atoms with Crippen LogP contribution in [0.3, 0.4) is 0 Å². The molecule has 0 fully saturated rings. The third-order valence-corrected chi connectivity index (χ3v) is 3.60. The number of nitrogens with zero attached hydrogens (tertiary/aromatic N) is 3. The molecule has 0 atom stereocenters. The number of nitrogens with one attached hydrogen (secondary N) is 3. The van der Waals surface area contributed by atoms with Gasteiger partial charge in [0.25, 0.3) is 5.91 Å². The van der Waals surface area contributed by atoms with E-state index in [9.17, 15) is 4.79 Å². The number of amides is 1. The Kier molecular flexibility index (Phi) is 3.66. The predicted octanol–water partition coefficient (Wildman–Crippen LogP) is 1.40. The van der Waals surface area contributed by atoms with Crippen LogP contribution in [0.2, 0.25) is 0 Å². The topological polar surface area (TPSA) is 95.6 Å². The second-order valence-corrected chi connectivity index (χ2v) is 6.46. The van der Waals surface area contributed by atoms with E-state index in [1.54, 1.807) is 12.4 Å². The van der Waals surface area contributed by atoms with Gasteiger partial charge in [0.15, 0.2) is 5.69 Å². The van der Waals surface area contributed by atoms with Crippen molar-refractivity contribution in [3.05, 3.63) is 35.2 Å². The predicted molar refractivity (Wildman–Crippen MR) is 82.7 cm³/mol. The van der Waals surface area contributed by atoms with Crippen LogP contribution in [-0.4, -0.2) is 32.6 Å². The zero-order valence-electron chi connectivity index (χ0n) is 13.0. The standard InChI is InChI=1S/C15H20N6O/c1-15(2,3)14-17-6-9(7-18-14)19-13(22)12-10-8-16-5-4-11(10)20-21-12/h6-7,16H,4-5,8H2,1-3H3,(H,19,22)(H,20,21). The van der Waals surface area contributed by atoms with E-state index in [0.717, 1.165) is 30.0 Å². The lowest BCUT2D eigenvalue weighted by atomic mass is 9.96. The second kappa shape index (κ2) is 5.49. The van der Waals surface area contributed by atoms with Gasteiger partial charge < -0.3 is 10.6 Å². The highest BCUT2D eigenvalue weighted by Gasteiger charge is 2.22. The van der Waals surface area contributed by atoms with Crippen molar-refractivity contribution in [3.8, 4) is 0 Å². The summed E-state index contributed by atoms with van der Waals surface area (Å²) in [5.41, 5.74) is 2.86.